The Balaban J connectivity index is 2.14. The normalized spacial score (nSPS) is 19.2. The zero-order chi connectivity index (χ0) is 15.5. The summed E-state index contributed by atoms with van der Waals surface area (Å²) in [5.41, 5.74) is 0.699. The molecule has 1 aromatic carbocycles. The molecule has 0 spiro atoms. The quantitative estimate of drug-likeness (QED) is 0.615. The van der Waals surface area contributed by atoms with Gasteiger partial charge in [0.15, 0.2) is 0 Å². The first-order chi connectivity index (χ1) is 9.83. The lowest BCUT2D eigenvalue weighted by Gasteiger charge is -2.31. The second-order valence-corrected chi connectivity index (χ2v) is 7.34. The third-order valence-corrected chi connectivity index (χ3v) is 4.29. The first-order valence-corrected chi connectivity index (χ1v) is 7.91. The topological polar surface area (TPSA) is 26.3 Å². The van der Waals surface area contributed by atoms with E-state index in [1.54, 1.807) is 0 Å². The highest BCUT2D eigenvalue weighted by atomic mass is 16.5. The summed E-state index contributed by atoms with van der Waals surface area (Å²) in [7, 11) is 6.35. The van der Waals surface area contributed by atoms with Crippen LogP contribution in [0.1, 0.15) is 38.2 Å². The molecule has 0 aliphatic heterocycles. The summed E-state index contributed by atoms with van der Waals surface area (Å²) in [5.74, 6) is -0.0350. The third kappa shape index (κ3) is 3.85. The molecule has 0 saturated heterocycles. The minimum atomic E-state index is -0.416. The number of esters is 1. The Bertz CT molecular complexity index is 470. The summed E-state index contributed by atoms with van der Waals surface area (Å²) in [6.45, 7) is 2.83. The van der Waals surface area contributed by atoms with E-state index in [2.05, 4.69) is 33.3 Å². The number of ether oxygens (including phenoxy) is 1. The molecule has 3 nitrogen and oxygen atoms in total. The van der Waals surface area contributed by atoms with Crippen LogP contribution in [0.3, 0.4) is 0 Å². The molecule has 0 amide bonds. The Kier molecular flexibility index (Phi) is 4.72. The Hall–Kier alpha value is -1.35. The Morgan fingerprint density at radius 3 is 2.29 bits per heavy atom. The fraction of sp³-hybridized carbons (Fsp3) is 0.611. The fourth-order valence-corrected chi connectivity index (χ4v) is 3.45. The average Bonchev–Trinajstić information content (AvgIpc) is 2.88. The zero-order valence-corrected chi connectivity index (χ0v) is 13.8. The van der Waals surface area contributed by atoms with E-state index >= 15 is 0 Å². The van der Waals surface area contributed by atoms with Gasteiger partial charge in [0.1, 0.15) is 12.6 Å². The van der Waals surface area contributed by atoms with Gasteiger partial charge in [0.2, 0.25) is 0 Å². The van der Waals surface area contributed by atoms with Crippen molar-refractivity contribution in [2.24, 2.45) is 0 Å². The highest BCUT2D eigenvalue weighted by Gasteiger charge is 2.44. The van der Waals surface area contributed by atoms with Crippen LogP contribution < -0.4 is 0 Å². The Morgan fingerprint density at radius 2 is 1.76 bits per heavy atom. The van der Waals surface area contributed by atoms with Crippen LogP contribution in [-0.2, 0) is 14.9 Å². The first-order valence-electron chi connectivity index (χ1n) is 7.91. The number of nitrogens with zero attached hydrogens (tertiary/aromatic N) is 1. The summed E-state index contributed by atoms with van der Waals surface area (Å²) in [6, 6.07) is 10.2. The minimum absolute atomic E-state index is 0.0350. The van der Waals surface area contributed by atoms with Gasteiger partial charge in [0.25, 0.3) is 0 Å². The lowest BCUT2D eigenvalue weighted by molar-refractivity contribution is -0.873. The molecule has 1 aliphatic rings. The van der Waals surface area contributed by atoms with Gasteiger partial charge in [-0.05, 0) is 25.3 Å². The summed E-state index contributed by atoms with van der Waals surface area (Å²) < 4.78 is 6.61. The number of hydrogen-bond donors (Lipinski definition) is 0. The molecule has 1 aromatic rings. The molecule has 116 valence electrons. The molecule has 3 heteroatoms. The molecule has 1 aliphatic carbocycles. The Morgan fingerprint density at radius 1 is 1.19 bits per heavy atom. The van der Waals surface area contributed by atoms with Crippen molar-refractivity contribution in [1.82, 2.24) is 0 Å². The van der Waals surface area contributed by atoms with E-state index in [9.17, 15) is 4.79 Å². The van der Waals surface area contributed by atoms with Gasteiger partial charge in [0, 0.05) is 0 Å². The summed E-state index contributed by atoms with van der Waals surface area (Å²) in [6.07, 6.45) is 3.97. The number of carbonyl (C=O) groups excluding carboxylic acids is 1. The Labute approximate surface area is 128 Å². The molecule has 0 bridgehead atoms. The molecule has 1 fully saturated rings. The van der Waals surface area contributed by atoms with E-state index in [4.69, 9.17) is 4.74 Å². The summed E-state index contributed by atoms with van der Waals surface area (Å²) in [5, 5.41) is 0. The molecule has 1 atom stereocenters. The smallest absolute Gasteiger partial charge is 0.317 e. The predicted octanol–water partition coefficient (Wildman–Crippen LogP) is 3.14. The molecule has 1 saturated carbocycles. The van der Waals surface area contributed by atoms with E-state index in [-0.39, 0.29) is 12.1 Å². The van der Waals surface area contributed by atoms with Crippen LogP contribution in [0.2, 0.25) is 0 Å². The van der Waals surface area contributed by atoms with Gasteiger partial charge in [-0.1, -0.05) is 43.2 Å². The van der Waals surface area contributed by atoms with Crippen LogP contribution in [0.5, 0.6) is 0 Å². The standard InChI is InChI=1S/C18H28NO2/c1-15(14-19(2,3)4)21-17(20)18(12-8-9-13-18)16-10-6-5-7-11-16/h5-7,10-11,15H,8-9,12-14H2,1-4H3/q+1/t15-/m0/s1. The van der Waals surface area contributed by atoms with Gasteiger partial charge in [-0.2, -0.15) is 0 Å². The second kappa shape index (κ2) is 6.18. The van der Waals surface area contributed by atoms with Crippen molar-refractivity contribution in [3.05, 3.63) is 35.9 Å². The minimum Gasteiger partial charge on any atom is -0.456 e. The molecule has 0 radical (unpaired) electrons. The van der Waals surface area contributed by atoms with Crippen molar-refractivity contribution in [1.29, 1.82) is 0 Å². The largest absolute Gasteiger partial charge is 0.456 e. The van der Waals surface area contributed by atoms with Crippen LogP contribution in [0, 0.1) is 0 Å². The SMILES string of the molecule is C[C@@H](C[N+](C)(C)C)OC(=O)C1(c2ccccc2)CCCC1. The van der Waals surface area contributed by atoms with Crippen molar-refractivity contribution >= 4 is 5.97 Å². The van der Waals surface area contributed by atoms with Gasteiger partial charge in [-0.15, -0.1) is 0 Å². The van der Waals surface area contributed by atoms with Crippen molar-refractivity contribution < 1.29 is 14.0 Å². The zero-order valence-electron chi connectivity index (χ0n) is 13.8. The third-order valence-electron chi connectivity index (χ3n) is 4.29. The van der Waals surface area contributed by atoms with Gasteiger partial charge in [-0.25, -0.2) is 0 Å². The second-order valence-electron chi connectivity index (χ2n) is 7.34. The molecule has 0 unspecified atom stereocenters. The fourth-order valence-electron chi connectivity index (χ4n) is 3.45. The first kappa shape index (κ1) is 16.0. The number of hydrogen-bond acceptors (Lipinski definition) is 2. The number of benzene rings is 1. The molecular formula is C18H28NO2+. The van der Waals surface area contributed by atoms with Crippen LogP contribution in [0.15, 0.2) is 30.3 Å². The molecule has 21 heavy (non-hydrogen) atoms. The van der Waals surface area contributed by atoms with Crippen molar-refractivity contribution in [3.63, 3.8) is 0 Å². The van der Waals surface area contributed by atoms with Crippen molar-refractivity contribution in [3.8, 4) is 0 Å². The van der Waals surface area contributed by atoms with E-state index in [1.807, 2.05) is 25.1 Å². The molecular weight excluding hydrogens is 262 g/mol. The molecule has 2 rings (SSSR count). The van der Waals surface area contributed by atoms with Crippen LogP contribution in [-0.4, -0.2) is 44.2 Å². The monoisotopic (exact) mass is 290 g/mol. The maximum atomic E-state index is 12.8. The highest BCUT2D eigenvalue weighted by Crippen LogP contribution is 2.42. The molecule has 0 heterocycles. The maximum absolute atomic E-state index is 12.8. The summed E-state index contributed by atoms with van der Waals surface area (Å²) >= 11 is 0. The number of quaternary nitrogens is 1. The van der Waals surface area contributed by atoms with Crippen LogP contribution in [0.4, 0.5) is 0 Å². The van der Waals surface area contributed by atoms with Crippen molar-refractivity contribution in [2.45, 2.75) is 44.1 Å². The lowest BCUT2D eigenvalue weighted by atomic mass is 9.79. The van der Waals surface area contributed by atoms with Gasteiger partial charge in [-0.3, -0.25) is 4.79 Å². The van der Waals surface area contributed by atoms with Crippen molar-refractivity contribution in [2.75, 3.05) is 27.7 Å². The van der Waals surface area contributed by atoms with E-state index in [1.165, 1.54) is 0 Å². The molecule has 0 N–H and O–H groups in total. The number of carbonyl (C=O) groups is 1. The average molecular weight is 290 g/mol. The van der Waals surface area contributed by atoms with E-state index in [0.29, 0.717) is 0 Å². The number of likely N-dealkylation sites (N-methyl/N-ethyl adjacent to an activating group) is 1. The van der Waals surface area contributed by atoms with Gasteiger partial charge in [0.05, 0.1) is 26.6 Å². The maximum Gasteiger partial charge on any atom is 0.317 e. The van der Waals surface area contributed by atoms with Gasteiger partial charge < -0.3 is 9.22 Å². The van der Waals surface area contributed by atoms with Crippen LogP contribution in [0.25, 0.3) is 0 Å². The van der Waals surface area contributed by atoms with Gasteiger partial charge >= 0.3 is 5.97 Å². The lowest BCUT2D eigenvalue weighted by Crippen LogP contribution is -2.44. The van der Waals surface area contributed by atoms with E-state index in [0.717, 1.165) is 42.3 Å². The number of rotatable bonds is 5. The highest BCUT2D eigenvalue weighted by molar-refractivity contribution is 5.83. The van der Waals surface area contributed by atoms with E-state index < -0.39 is 5.41 Å². The molecule has 0 aromatic heterocycles. The predicted molar refractivity (Wildman–Crippen MR) is 85.0 cm³/mol. The summed E-state index contributed by atoms with van der Waals surface area (Å²) in [4.78, 5) is 12.8. The van der Waals surface area contributed by atoms with Crippen LogP contribution >= 0.6 is 0 Å².